The summed E-state index contributed by atoms with van der Waals surface area (Å²) in [6, 6.07) is 0.527. The molecule has 0 radical (unpaired) electrons. The van der Waals surface area contributed by atoms with Crippen LogP contribution in [0.3, 0.4) is 0 Å². The van der Waals surface area contributed by atoms with E-state index < -0.39 is 0 Å². The van der Waals surface area contributed by atoms with Gasteiger partial charge in [0.15, 0.2) is 0 Å². The molecule has 0 bridgehead atoms. The zero-order valence-corrected chi connectivity index (χ0v) is 17.5. The summed E-state index contributed by atoms with van der Waals surface area (Å²) >= 11 is 0. The molecule has 0 unspecified atom stereocenters. The molecule has 2 rings (SSSR count). The Bertz CT molecular complexity index is 423. The van der Waals surface area contributed by atoms with Gasteiger partial charge in [0.2, 0.25) is 0 Å². The lowest BCUT2D eigenvalue weighted by Gasteiger charge is -2.34. The number of alkyl carbamates (subject to hydrolysis) is 2. The normalized spacial score (nSPS) is 28.7. The highest BCUT2D eigenvalue weighted by molar-refractivity contribution is 5.68. The molecule has 2 aliphatic carbocycles. The molecule has 2 saturated carbocycles. The molecule has 6 heteroatoms. The number of carbonyl (C=O) groups excluding carboxylic acids is 2. The van der Waals surface area contributed by atoms with Gasteiger partial charge < -0.3 is 20.1 Å². The van der Waals surface area contributed by atoms with Gasteiger partial charge in [-0.1, -0.05) is 0 Å². The predicted octanol–water partition coefficient (Wildman–Crippen LogP) is 4.76. The summed E-state index contributed by atoms with van der Waals surface area (Å²) in [7, 11) is 0. The third kappa shape index (κ3) is 8.39. The molecule has 6 nitrogen and oxygen atoms in total. The van der Waals surface area contributed by atoms with Gasteiger partial charge in [0.05, 0.1) is 12.2 Å². The largest absolute Gasteiger partial charge is 0.447 e. The monoisotopic (exact) mass is 382 g/mol. The Hall–Kier alpha value is -1.46. The second-order valence-corrected chi connectivity index (χ2v) is 8.87. The van der Waals surface area contributed by atoms with Crippen molar-refractivity contribution in [2.45, 2.75) is 110 Å². The molecule has 0 aliphatic heterocycles. The second-order valence-electron chi connectivity index (χ2n) is 8.87. The molecule has 2 aliphatic rings. The number of nitrogens with one attached hydrogen (secondary N) is 2. The Morgan fingerprint density at radius 1 is 0.704 bits per heavy atom. The van der Waals surface area contributed by atoms with Crippen LogP contribution in [-0.2, 0) is 9.47 Å². The van der Waals surface area contributed by atoms with Crippen LogP contribution in [0.5, 0.6) is 0 Å². The summed E-state index contributed by atoms with van der Waals surface area (Å²) in [5.74, 6) is 1.54. The van der Waals surface area contributed by atoms with Crippen molar-refractivity contribution >= 4 is 12.2 Å². The Morgan fingerprint density at radius 2 is 1.04 bits per heavy atom. The Balaban J connectivity index is 1.60. The van der Waals surface area contributed by atoms with Gasteiger partial charge in [0, 0.05) is 12.1 Å². The minimum absolute atomic E-state index is 0.0711. The first kappa shape index (κ1) is 21.8. The molecule has 0 spiro atoms. The van der Waals surface area contributed by atoms with Crippen LogP contribution < -0.4 is 10.6 Å². The van der Waals surface area contributed by atoms with Gasteiger partial charge in [-0.15, -0.1) is 0 Å². The van der Waals surface area contributed by atoms with E-state index >= 15 is 0 Å². The van der Waals surface area contributed by atoms with Crippen LogP contribution in [0.25, 0.3) is 0 Å². The summed E-state index contributed by atoms with van der Waals surface area (Å²) < 4.78 is 10.3. The third-order valence-corrected chi connectivity index (χ3v) is 5.69. The first-order valence-corrected chi connectivity index (χ1v) is 10.8. The van der Waals surface area contributed by atoms with Gasteiger partial charge in [-0.25, -0.2) is 9.59 Å². The van der Waals surface area contributed by atoms with Crippen LogP contribution in [-0.4, -0.2) is 36.5 Å². The van der Waals surface area contributed by atoms with E-state index in [1.807, 2.05) is 27.7 Å². The van der Waals surface area contributed by atoms with E-state index in [4.69, 9.17) is 9.47 Å². The highest BCUT2D eigenvalue weighted by atomic mass is 16.6. The Kier molecular flexibility index (Phi) is 8.71. The van der Waals surface area contributed by atoms with E-state index in [9.17, 15) is 9.59 Å². The summed E-state index contributed by atoms with van der Waals surface area (Å²) in [4.78, 5) is 23.4. The maximum absolute atomic E-state index is 11.7. The molecule has 0 aromatic heterocycles. The molecule has 156 valence electrons. The predicted molar refractivity (Wildman–Crippen MR) is 106 cm³/mol. The average Bonchev–Trinajstić information content (AvgIpc) is 2.57. The van der Waals surface area contributed by atoms with Gasteiger partial charge in [-0.2, -0.15) is 0 Å². The van der Waals surface area contributed by atoms with Crippen LogP contribution in [0, 0.1) is 11.8 Å². The van der Waals surface area contributed by atoms with Gasteiger partial charge in [0.1, 0.15) is 0 Å². The number of hydrogen-bond acceptors (Lipinski definition) is 4. The lowest BCUT2D eigenvalue weighted by Crippen LogP contribution is -2.40. The fourth-order valence-corrected chi connectivity index (χ4v) is 4.39. The van der Waals surface area contributed by atoms with Crippen LogP contribution in [0.15, 0.2) is 0 Å². The van der Waals surface area contributed by atoms with E-state index in [1.165, 1.54) is 32.1 Å². The number of amides is 2. The minimum Gasteiger partial charge on any atom is -0.447 e. The van der Waals surface area contributed by atoms with Crippen molar-refractivity contribution in [2.75, 3.05) is 0 Å². The van der Waals surface area contributed by atoms with Crippen LogP contribution in [0.2, 0.25) is 0 Å². The average molecular weight is 383 g/mol. The molecule has 2 amide bonds. The molecule has 0 saturated heterocycles. The third-order valence-electron chi connectivity index (χ3n) is 5.69. The minimum atomic E-state index is -0.282. The maximum atomic E-state index is 11.7. The molecule has 0 heterocycles. The van der Waals surface area contributed by atoms with Crippen molar-refractivity contribution in [1.82, 2.24) is 10.6 Å². The van der Waals surface area contributed by atoms with Gasteiger partial charge in [-0.3, -0.25) is 0 Å². The summed E-state index contributed by atoms with van der Waals surface area (Å²) in [6.45, 7) is 7.48. The van der Waals surface area contributed by atoms with Crippen molar-refractivity contribution in [3.63, 3.8) is 0 Å². The molecule has 2 fully saturated rings. The summed E-state index contributed by atoms with van der Waals surface area (Å²) in [5, 5.41) is 6.00. The quantitative estimate of drug-likeness (QED) is 0.694. The van der Waals surface area contributed by atoms with E-state index in [-0.39, 0.29) is 36.5 Å². The molecule has 0 atom stereocenters. The smallest absolute Gasteiger partial charge is 0.407 e. The zero-order chi connectivity index (χ0) is 19.8. The fraction of sp³-hybridized carbons (Fsp3) is 0.905. The van der Waals surface area contributed by atoms with Crippen molar-refractivity contribution in [3.05, 3.63) is 0 Å². The number of carbonyl (C=O) groups is 2. The summed E-state index contributed by atoms with van der Waals surface area (Å²) in [5.41, 5.74) is 0. The van der Waals surface area contributed by atoms with Gasteiger partial charge in [-0.05, 0) is 97.3 Å². The molecular formula is C21H38N2O4. The second kappa shape index (κ2) is 10.8. The number of ether oxygens (including phenoxy) is 2. The first-order chi connectivity index (χ1) is 12.8. The molecular weight excluding hydrogens is 344 g/mol. The van der Waals surface area contributed by atoms with Crippen LogP contribution >= 0.6 is 0 Å². The van der Waals surface area contributed by atoms with E-state index in [1.54, 1.807) is 0 Å². The van der Waals surface area contributed by atoms with Crippen molar-refractivity contribution in [3.8, 4) is 0 Å². The molecule has 2 N–H and O–H groups in total. The van der Waals surface area contributed by atoms with Gasteiger partial charge >= 0.3 is 12.2 Å². The van der Waals surface area contributed by atoms with E-state index in [0.717, 1.165) is 37.5 Å². The Morgan fingerprint density at radius 3 is 1.33 bits per heavy atom. The highest BCUT2D eigenvalue weighted by Gasteiger charge is 2.28. The zero-order valence-electron chi connectivity index (χ0n) is 17.5. The number of rotatable bonds is 6. The van der Waals surface area contributed by atoms with Crippen molar-refractivity contribution in [1.29, 1.82) is 0 Å². The standard InChI is InChI=1S/C21H38N2O4/c1-14(2)26-20(24)22-18-9-5-16(6-10-18)13-17-7-11-19(12-8-17)23-21(25)27-15(3)4/h14-19H,5-13H2,1-4H3,(H,22,24)(H,23,25). The van der Waals surface area contributed by atoms with Crippen molar-refractivity contribution < 1.29 is 19.1 Å². The van der Waals surface area contributed by atoms with Crippen LogP contribution in [0.4, 0.5) is 9.59 Å². The fourth-order valence-electron chi connectivity index (χ4n) is 4.39. The van der Waals surface area contributed by atoms with Crippen molar-refractivity contribution in [2.24, 2.45) is 11.8 Å². The SMILES string of the molecule is CC(C)OC(=O)NC1CCC(CC2CCC(NC(=O)OC(C)C)CC2)CC1. The summed E-state index contributed by atoms with van der Waals surface area (Å²) in [6.07, 6.45) is 9.53. The van der Waals surface area contributed by atoms with E-state index in [0.29, 0.717) is 0 Å². The first-order valence-electron chi connectivity index (χ1n) is 10.8. The molecule has 27 heavy (non-hydrogen) atoms. The number of hydrogen-bond donors (Lipinski definition) is 2. The lowest BCUT2D eigenvalue weighted by molar-refractivity contribution is 0.106. The van der Waals surface area contributed by atoms with Gasteiger partial charge in [0.25, 0.3) is 0 Å². The lowest BCUT2D eigenvalue weighted by atomic mass is 9.76. The van der Waals surface area contributed by atoms with E-state index in [2.05, 4.69) is 10.6 Å². The molecule has 0 aromatic rings. The Labute approximate surface area is 164 Å². The maximum Gasteiger partial charge on any atom is 0.407 e. The molecule has 0 aromatic carbocycles. The topological polar surface area (TPSA) is 76.7 Å². The highest BCUT2D eigenvalue weighted by Crippen LogP contribution is 2.35. The van der Waals surface area contributed by atoms with Crippen LogP contribution in [0.1, 0.15) is 85.5 Å².